The molecule has 0 saturated carbocycles. The lowest BCUT2D eigenvalue weighted by Gasteiger charge is -2.38. The molecule has 0 bridgehead atoms. The number of rotatable bonds is 4. The van der Waals surface area contributed by atoms with Crippen molar-refractivity contribution in [1.29, 1.82) is 0 Å². The van der Waals surface area contributed by atoms with Crippen LogP contribution >= 0.6 is 11.6 Å². The first kappa shape index (κ1) is 15.3. The van der Waals surface area contributed by atoms with Crippen molar-refractivity contribution in [2.45, 2.75) is 53.1 Å². The van der Waals surface area contributed by atoms with Crippen LogP contribution in [-0.2, 0) is 0 Å². The summed E-state index contributed by atoms with van der Waals surface area (Å²) in [6.07, 6.45) is 3.52. The second-order valence-corrected chi connectivity index (χ2v) is 6.34. The van der Waals surface area contributed by atoms with Gasteiger partial charge in [0.25, 0.3) is 0 Å². The Morgan fingerprint density at radius 2 is 1.90 bits per heavy atom. The van der Waals surface area contributed by atoms with Crippen LogP contribution in [0, 0.1) is 5.41 Å². The van der Waals surface area contributed by atoms with Crippen LogP contribution in [0.3, 0.4) is 0 Å². The smallest absolute Gasteiger partial charge is 0.322 e. The summed E-state index contributed by atoms with van der Waals surface area (Å²) in [6, 6.07) is 0.304. The molecule has 0 amide bonds. The summed E-state index contributed by atoms with van der Waals surface area (Å²) < 4.78 is 5.52. The molecule has 1 aromatic rings. The average molecular weight is 299 g/mol. The Labute approximate surface area is 125 Å². The summed E-state index contributed by atoms with van der Waals surface area (Å²) in [5.74, 6) is 0.624. The predicted molar refractivity (Wildman–Crippen MR) is 80.4 cm³/mol. The highest BCUT2D eigenvalue weighted by Crippen LogP contribution is 2.35. The Kier molecular flexibility index (Phi) is 4.68. The van der Waals surface area contributed by atoms with Crippen molar-refractivity contribution >= 4 is 17.5 Å². The zero-order chi connectivity index (χ0) is 14.8. The first-order chi connectivity index (χ1) is 9.42. The minimum atomic E-state index is 0.0195. The zero-order valence-corrected chi connectivity index (χ0v) is 13.4. The first-order valence-electron chi connectivity index (χ1n) is 7.25. The van der Waals surface area contributed by atoms with Crippen LogP contribution in [0.2, 0.25) is 5.28 Å². The molecule has 0 unspecified atom stereocenters. The summed E-state index contributed by atoms with van der Waals surface area (Å²) in [4.78, 5) is 14.8. The van der Waals surface area contributed by atoms with E-state index in [-0.39, 0.29) is 11.4 Å². The van der Waals surface area contributed by atoms with Crippen LogP contribution in [0.1, 0.15) is 47.0 Å². The lowest BCUT2D eigenvalue weighted by molar-refractivity contribution is 0.219. The van der Waals surface area contributed by atoms with Crippen molar-refractivity contribution in [2.24, 2.45) is 5.41 Å². The molecule has 5 nitrogen and oxygen atoms in total. The van der Waals surface area contributed by atoms with Crippen molar-refractivity contribution in [2.75, 3.05) is 18.0 Å². The average Bonchev–Trinajstić information content (AvgIpc) is 2.38. The van der Waals surface area contributed by atoms with Gasteiger partial charge in [0.1, 0.15) is 0 Å². The monoisotopic (exact) mass is 298 g/mol. The van der Waals surface area contributed by atoms with Crippen LogP contribution in [0.15, 0.2) is 0 Å². The quantitative estimate of drug-likeness (QED) is 0.853. The van der Waals surface area contributed by atoms with Gasteiger partial charge in [-0.15, -0.1) is 0 Å². The van der Waals surface area contributed by atoms with Crippen LogP contribution in [-0.4, -0.2) is 34.1 Å². The molecule has 20 heavy (non-hydrogen) atoms. The number of aromatic nitrogens is 3. The SMILES string of the molecule is CCC1(C)CCN(c2nc(Cl)nc(OC(C)C)n2)CC1. The first-order valence-corrected chi connectivity index (χ1v) is 7.63. The largest absolute Gasteiger partial charge is 0.461 e. The second-order valence-electron chi connectivity index (χ2n) is 6.00. The van der Waals surface area contributed by atoms with Gasteiger partial charge in [0.15, 0.2) is 0 Å². The Morgan fingerprint density at radius 1 is 1.25 bits per heavy atom. The molecule has 1 aromatic heterocycles. The van der Waals surface area contributed by atoms with E-state index in [1.807, 2.05) is 13.8 Å². The molecule has 1 aliphatic rings. The number of anilines is 1. The number of halogens is 1. The normalized spacial score (nSPS) is 18.4. The van der Waals surface area contributed by atoms with E-state index in [2.05, 4.69) is 33.7 Å². The lowest BCUT2D eigenvalue weighted by atomic mass is 9.78. The van der Waals surface area contributed by atoms with Gasteiger partial charge in [0.2, 0.25) is 11.2 Å². The van der Waals surface area contributed by atoms with Gasteiger partial charge >= 0.3 is 6.01 Å². The molecule has 1 aliphatic heterocycles. The van der Waals surface area contributed by atoms with Gasteiger partial charge in [-0.05, 0) is 43.7 Å². The van der Waals surface area contributed by atoms with E-state index >= 15 is 0 Å². The molecule has 0 radical (unpaired) electrons. The van der Waals surface area contributed by atoms with Crippen LogP contribution in [0.25, 0.3) is 0 Å². The summed E-state index contributed by atoms with van der Waals surface area (Å²) in [6.45, 7) is 10.4. The lowest BCUT2D eigenvalue weighted by Crippen LogP contribution is -2.39. The Hall–Kier alpha value is -1.10. The predicted octanol–water partition coefficient (Wildman–Crippen LogP) is 3.33. The molecule has 112 valence electrons. The number of ether oxygens (including phenoxy) is 1. The van der Waals surface area contributed by atoms with E-state index in [0.717, 1.165) is 25.9 Å². The number of piperidine rings is 1. The van der Waals surface area contributed by atoms with Crippen LogP contribution < -0.4 is 9.64 Å². The van der Waals surface area contributed by atoms with E-state index in [1.165, 1.54) is 6.42 Å². The highest BCUT2D eigenvalue weighted by molar-refractivity contribution is 6.28. The van der Waals surface area contributed by atoms with E-state index in [1.54, 1.807) is 0 Å². The molecule has 1 fully saturated rings. The molecule has 0 aromatic carbocycles. The molecule has 0 spiro atoms. The van der Waals surface area contributed by atoms with Crippen LogP contribution in [0.4, 0.5) is 5.95 Å². The fourth-order valence-corrected chi connectivity index (χ4v) is 2.47. The van der Waals surface area contributed by atoms with Gasteiger partial charge in [0, 0.05) is 13.1 Å². The Balaban J connectivity index is 2.11. The van der Waals surface area contributed by atoms with E-state index in [9.17, 15) is 0 Å². The maximum Gasteiger partial charge on any atom is 0.322 e. The Morgan fingerprint density at radius 3 is 2.45 bits per heavy atom. The van der Waals surface area contributed by atoms with Gasteiger partial charge in [-0.1, -0.05) is 20.3 Å². The molecule has 2 rings (SSSR count). The van der Waals surface area contributed by atoms with Crippen molar-refractivity contribution in [1.82, 2.24) is 15.0 Å². The zero-order valence-electron chi connectivity index (χ0n) is 12.7. The molecule has 2 heterocycles. The molecule has 0 N–H and O–H groups in total. The van der Waals surface area contributed by atoms with Crippen molar-refractivity contribution in [3.8, 4) is 6.01 Å². The third kappa shape index (κ3) is 3.72. The number of nitrogens with zero attached hydrogens (tertiary/aromatic N) is 4. The molecular weight excluding hydrogens is 276 g/mol. The van der Waals surface area contributed by atoms with Gasteiger partial charge < -0.3 is 9.64 Å². The van der Waals surface area contributed by atoms with Gasteiger partial charge in [-0.2, -0.15) is 15.0 Å². The second kappa shape index (κ2) is 6.12. The molecule has 0 aliphatic carbocycles. The van der Waals surface area contributed by atoms with Crippen molar-refractivity contribution in [3.63, 3.8) is 0 Å². The highest BCUT2D eigenvalue weighted by atomic mass is 35.5. The van der Waals surface area contributed by atoms with E-state index in [4.69, 9.17) is 16.3 Å². The van der Waals surface area contributed by atoms with Crippen LogP contribution in [0.5, 0.6) is 6.01 Å². The standard InChI is InChI=1S/C14H23ClN4O/c1-5-14(4)6-8-19(9-7-14)12-16-11(15)17-13(18-12)20-10(2)3/h10H,5-9H2,1-4H3. The maximum absolute atomic E-state index is 5.97. The molecule has 1 saturated heterocycles. The van der Waals surface area contributed by atoms with Crippen molar-refractivity contribution in [3.05, 3.63) is 5.28 Å². The molecule has 6 heteroatoms. The fourth-order valence-electron chi connectivity index (χ4n) is 2.33. The highest BCUT2D eigenvalue weighted by Gasteiger charge is 2.29. The molecular formula is C14H23ClN4O. The summed E-state index contributed by atoms with van der Waals surface area (Å²) >= 11 is 5.97. The van der Waals surface area contributed by atoms with E-state index in [0.29, 0.717) is 17.4 Å². The van der Waals surface area contributed by atoms with Crippen molar-refractivity contribution < 1.29 is 4.74 Å². The number of hydrogen-bond acceptors (Lipinski definition) is 5. The van der Waals surface area contributed by atoms with Gasteiger partial charge in [-0.3, -0.25) is 0 Å². The third-order valence-electron chi connectivity index (χ3n) is 4.02. The summed E-state index contributed by atoms with van der Waals surface area (Å²) in [7, 11) is 0. The molecule has 0 atom stereocenters. The summed E-state index contributed by atoms with van der Waals surface area (Å²) in [5, 5.41) is 0.189. The maximum atomic E-state index is 5.97. The summed E-state index contributed by atoms with van der Waals surface area (Å²) in [5.41, 5.74) is 0.435. The van der Waals surface area contributed by atoms with Gasteiger partial charge in [0.05, 0.1) is 6.10 Å². The Bertz CT molecular complexity index is 458. The topological polar surface area (TPSA) is 51.1 Å². The third-order valence-corrected chi connectivity index (χ3v) is 4.19. The number of hydrogen-bond donors (Lipinski definition) is 0. The van der Waals surface area contributed by atoms with Gasteiger partial charge in [-0.25, -0.2) is 0 Å². The minimum absolute atomic E-state index is 0.0195. The van der Waals surface area contributed by atoms with E-state index < -0.39 is 0 Å². The fraction of sp³-hybridized carbons (Fsp3) is 0.786. The minimum Gasteiger partial charge on any atom is -0.461 e.